The van der Waals surface area contributed by atoms with E-state index in [4.69, 9.17) is 11.6 Å². The number of anilines is 1. The number of imidazole rings is 1. The van der Waals surface area contributed by atoms with E-state index in [2.05, 4.69) is 22.2 Å². The number of para-hydroxylation sites is 1. The Kier molecular flexibility index (Phi) is 4.95. The van der Waals surface area contributed by atoms with Gasteiger partial charge in [0.05, 0.1) is 12.2 Å². The Morgan fingerprint density at radius 3 is 2.65 bits per heavy atom. The third kappa shape index (κ3) is 3.48. The fourth-order valence-corrected chi connectivity index (χ4v) is 2.08. The predicted molar refractivity (Wildman–Crippen MR) is 75.9 cm³/mol. The summed E-state index contributed by atoms with van der Waals surface area (Å²) in [6.45, 7) is 2.28. The van der Waals surface area contributed by atoms with Crippen molar-refractivity contribution in [1.29, 1.82) is 0 Å². The molecule has 0 aliphatic rings. The Bertz CT molecular complexity index is 564. The Morgan fingerprint density at radius 2 is 2.00 bits per heavy atom. The SMILES string of the molecule is CCCCc1nc(Cl)c(CNc2c(F)cccc2F)[nH]1. The van der Waals surface area contributed by atoms with Crippen molar-refractivity contribution in [2.24, 2.45) is 0 Å². The van der Waals surface area contributed by atoms with Crippen molar-refractivity contribution in [3.63, 3.8) is 0 Å². The average molecular weight is 300 g/mol. The van der Waals surface area contributed by atoms with Gasteiger partial charge in [0.1, 0.15) is 23.1 Å². The molecule has 0 aliphatic carbocycles. The maximum absolute atomic E-state index is 13.5. The monoisotopic (exact) mass is 299 g/mol. The van der Waals surface area contributed by atoms with Gasteiger partial charge in [0.2, 0.25) is 0 Å². The number of halogens is 3. The number of rotatable bonds is 6. The van der Waals surface area contributed by atoms with Crippen LogP contribution in [0.5, 0.6) is 0 Å². The van der Waals surface area contributed by atoms with Crippen LogP contribution in [0.15, 0.2) is 18.2 Å². The third-order valence-electron chi connectivity index (χ3n) is 2.95. The molecule has 0 bridgehead atoms. The van der Waals surface area contributed by atoms with E-state index in [9.17, 15) is 8.78 Å². The number of aryl methyl sites for hydroxylation is 1. The van der Waals surface area contributed by atoms with Gasteiger partial charge in [-0.1, -0.05) is 31.0 Å². The Labute approximate surface area is 121 Å². The standard InChI is InChI=1S/C14H16ClF2N3/c1-2-3-7-12-19-11(14(15)20-12)8-18-13-9(16)5-4-6-10(13)17/h4-6,18H,2-3,7-8H2,1H3,(H,19,20). The molecule has 1 aromatic carbocycles. The molecule has 1 heterocycles. The lowest BCUT2D eigenvalue weighted by atomic mass is 10.2. The van der Waals surface area contributed by atoms with E-state index < -0.39 is 11.6 Å². The van der Waals surface area contributed by atoms with E-state index in [1.807, 2.05) is 0 Å². The van der Waals surface area contributed by atoms with Gasteiger partial charge in [0, 0.05) is 6.42 Å². The van der Waals surface area contributed by atoms with Crippen LogP contribution in [0, 0.1) is 11.6 Å². The maximum Gasteiger partial charge on any atom is 0.152 e. The summed E-state index contributed by atoms with van der Waals surface area (Å²) in [5.41, 5.74) is 0.466. The molecular weight excluding hydrogens is 284 g/mol. The molecule has 3 nitrogen and oxygen atoms in total. The van der Waals surface area contributed by atoms with Crippen LogP contribution in [-0.2, 0) is 13.0 Å². The lowest BCUT2D eigenvalue weighted by Gasteiger charge is -2.07. The summed E-state index contributed by atoms with van der Waals surface area (Å²) in [5.74, 6) is -0.471. The van der Waals surface area contributed by atoms with Gasteiger partial charge in [0.25, 0.3) is 0 Å². The zero-order chi connectivity index (χ0) is 14.5. The molecule has 20 heavy (non-hydrogen) atoms. The van der Waals surface area contributed by atoms with Crippen LogP contribution >= 0.6 is 11.6 Å². The molecule has 0 unspecified atom stereocenters. The second-order valence-corrected chi connectivity index (χ2v) is 4.86. The fourth-order valence-electron chi connectivity index (χ4n) is 1.86. The highest BCUT2D eigenvalue weighted by molar-refractivity contribution is 6.30. The number of H-pyrrole nitrogens is 1. The molecule has 108 valence electrons. The van der Waals surface area contributed by atoms with Gasteiger partial charge in [-0.25, -0.2) is 13.8 Å². The average Bonchev–Trinajstić information content (AvgIpc) is 2.76. The van der Waals surface area contributed by atoms with Gasteiger partial charge in [0.15, 0.2) is 5.15 Å². The summed E-state index contributed by atoms with van der Waals surface area (Å²) in [7, 11) is 0. The molecular formula is C14H16ClF2N3. The second kappa shape index (κ2) is 6.70. The zero-order valence-electron chi connectivity index (χ0n) is 11.1. The fraction of sp³-hybridized carbons (Fsp3) is 0.357. The van der Waals surface area contributed by atoms with E-state index in [1.54, 1.807) is 0 Å². The number of nitrogens with zero attached hydrogens (tertiary/aromatic N) is 1. The predicted octanol–water partition coefficient (Wildman–Crippen LogP) is 4.30. The Morgan fingerprint density at radius 1 is 1.30 bits per heavy atom. The smallest absolute Gasteiger partial charge is 0.152 e. The van der Waals surface area contributed by atoms with E-state index >= 15 is 0 Å². The van der Waals surface area contributed by atoms with E-state index in [1.165, 1.54) is 18.2 Å². The first-order valence-corrected chi connectivity index (χ1v) is 6.90. The lowest BCUT2D eigenvalue weighted by Crippen LogP contribution is -2.04. The summed E-state index contributed by atoms with van der Waals surface area (Å²) >= 11 is 6.00. The molecule has 6 heteroatoms. The van der Waals surface area contributed by atoms with Gasteiger partial charge < -0.3 is 10.3 Å². The van der Waals surface area contributed by atoms with Crippen molar-refractivity contribution >= 4 is 17.3 Å². The highest BCUT2D eigenvalue weighted by Crippen LogP contribution is 2.20. The molecule has 0 saturated heterocycles. The first kappa shape index (κ1) is 14.8. The summed E-state index contributed by atoms with van der Waals surface area (Å²) in [6.07, 6.45) is 2.88. The summed E-state index contributed by atoms with van der Waals surface area (Å²) in [5, 5.41) is 3.04. The van der Waals surface area contributed by atoms with Crippen LogP contribution in [0.2, 0.25) is 5.15 Å². The summed E-state index contributed by atoms with van der Waals surface area (Å²) < 4.78 is 26.9. The normalized spacial score (nSPS) is 10.8. The summed E-state index contributed by atoms with van der Waals surface area (Å²) in [6, 6.07) is 3.72. The molecule has 0 amide bonds. The Hall–Kier alpha value is -1.62. The molecule has 0 fully saturated rings. The van der Waals surface area contributed by atoms with E-state index in [0.29, 0.717) is 10.8 Å². The van der Waals surface area contributed by atoms with E-state index in [-0.39, 0.29) is 12.2 Å². The number of aromatic nitrogens is 2. The molecule has 0 spiro atoms. The minimum atomic E-state index is -0.633. The van der Waals surface area contributed by atoms with Crippen molar-refractivity contribution in [2.75, 3.05) is 5.32 Å². The molecule has 2 N–H and O–H groups in total. The van der Waals surface area contributed by atoms with E-state index in [0.717, 1.165) is 25.1 Å². The number of nitrogens with one attached hydrogen (secondary N) is 2. The molecule has 2 rings (SSSR count). The molecule has 1 aromatic heterocycles. The third-order valence-corrected chi connectivity index (χ3v) is 3.26. The molecule has 0 atom stereocenters. The van der Waals surface area contributed by atoms with Crippen molar-refractivity contribution in [3.8, 4) is 0 Å². The number of benzene rings is 1. The van der Waals surface area contributed by atoms with Crippen LogP contribution in [0.3, 0.4) is 0 Å². The topological polar surface area (TPSA) is 40.7 Å². The van der Waals surface area contributed by atoms with Crippen LogP contribution < -0.4 is 5.32 Å². The highest BCUT2D eigenvalue weighted by atomic mass is 35.5. The maximum atomic E-state index is 13.5. The summed E-state index contributed by atoms with van der Waals surface area (Å²) in [4.78, 5) is 7.26. The van der Waals surface area contributed by atoms with Crippen LogP contribution in [-0.4, -0.2) is 9.97 Å². The van der Waals surface area contributed by atoms with Gasteiger partial charge in [-0.15, -0.1) is 0 Å². The van der Waals surface area contributed by atoms with Crippen molar-refractivity contribution in [2.45, 2.75) is 32.7 Å². The minimum absolute atomic E-state index is 0.159. The van der Waals surface area contributed by atoms with Crippen molar-refractivity contribution in [1.82, 2.24) is 9.97 Å². The first-order valence-electron chi connectivity index (χ1n) is 6.53. The van der Waals surface area contributed by atoms with Crippen LogP contribution in [0.25, 0.3) is 0 Å². The van der Waals surface area contributed by atoms with Gasteiger partial charge in [-0.3, -0.25) is 0 Å². The largest absolute Gasteiger partial charge is 0.375 e. The van der Waals surface area contributed by atoms with Gasteiger partial charge in [-0.05, 0) is 18.6 Å². The number of unbranched alkanes of at least 4 members (excludes halogenated alkanes) is 1. The quantitative estimate of drug-likeness (QED) is 0.835. The molecule has 0 aliphatic heterocycles. The lowest BCUT2D eigenvalue weighted by molar-refractivity contribution is 0.588. The second-order valence-electron chi connectivity index (χ2n) is 4.51. The first-order chi connectivity index (χ1) is 9.61. The molecule has 0 saturated carbocycles. The Balaban J connectivity index is 2.05. The van der Waals surface area contributed by atoms with Crippen LogP contribution in [0.1, 0.15) is 31.3 Å². The van der Waals surface area contributed by atoms with Crippen LogP contribution in [0.4, 0.5) is 14.5 Å². The molecule has 2 aromatic rings. The highest BCUT2D eigenvalue weighted by Gasteiger charge is 2.11. The number of hydrogen-bond donors (Lipinski definition) is 2. The number of hydrogen-bond acceptors (Lipinski definition) is 2. The van der Waals surface area contributed by atoms with Gasteiger partial charge in [-0.2, -0.15) is 0 Å². The minimum Gasteiger partial charge on any atom is -0.375 e. The van der Waals surface area contributed by atoms with Gasteiger partial charge >= 0.3 is 0 Å². The van der Waals surface area contributed by atoms with Crippen molar-refractivity contribution in [3.05, 3.63) is 46.5 Å². The zero-order valence-corrected chi connectivity index (χ0v) is 11.9. The number of aromatic amines is 1. The van der Waals surface area contributed by atoms with Crippen molar-refractivity contribution < 1.29 is 8.78 Å². The molecule has 0 radical (unpaired) electrons.